The molecule has 0 aliphatic heterocycles. The number of aromatic hydroxyl groups is 4. The smallest absolute Gasteiger partial charge is 0.270 e. The van der Waals surface area contributed by atoms with E-state index in [2.05, 4.69) is 27.7 Å². The van der Waals surface area contributed by atoms with Crippen molar-refractivity contribution in [3.8, 4) is 23.0 Å². The van der Waals surface area contributed by atoms with Crippen molar-refractivity contribution in [2.45, 2.75) is 92.9 Å². The molecule has 1 aliphatic carbocycles. The van der Waals surface area contributed by atoms with E-state index in [0.717, 1.165) is 33.4 Å². The second-order valence-corrected chi connectivity index (χ2v) is 13.3. The zero-order valence-electron chi connectivity index (χ0n) is 27.4. The first kappa shape index (κ1) is 31.9. The third-order valence-corrected chi connectivity index (χ3v) is 9.83. The quantitative estimate of drug-likeness (QED) is 0.120. The Balaban J connectivity index is 1.90. The first-order valence-corrected chi connectivity index (χ1v) is 15.6. The van der Waals surface area contributed by atoms with Gasteiger partial charge in [-0.3, -0.25) is 10.1 Å². The molecule has 7 nitrogen and oxygen atoms in total. The van der Waals surface area contributed by atoms with E-state index in [9.17, 15) is 30.5 Å². The summed E-state index contributed by atoms with van der Waals surface area (Å²) in [4.78, 5) is 11.6. The molecule has 4 N–H and O–H groups in total. The third kappa shape index (κ3) is 5.60. The fourth-order valence-electron chi connectivity index (χ4n) is 7.01. The summed E-state index contributed by atoms with van der Waals surface area (Å²) in [6.45, 7) is 16.2. The van der Waals surface area contributed by atoms with E-state index in [0.29, 0.717) is 44.5 Å². The van der Waals surface area contributed by atoms with Crippen LogP contribution in [0.1, 0.15) is 117 Å². The van der Waals surface area contributed by atoms with Gasteiger partial charge in [-0.25, -0.2) is 0 Å². The number of hydrogen-bond donors (Lipinski definition) is 4. The van der Waals surface area contributed by atoms with Gasteiger partial charge in [0.25, 0.3) is 5.69 Å². The standard InChI is InChI=1S/C38H43NO6/c1-18(2)30-14-27-10-25-12-29(39(44)45)13-26(35(25)40)11-28-15-31(19(3)4)23(8)34(38(28)43)17-33-21(6)20(5)9-24(36(33)41)16-32(22(30)7)37(27)42/h9,12-15,18-19,40-43H,10-11,16-17H2,1-8H3. The summed E-state index contributed by atoms with van der Waals surface area (Å²) in [5.41, 5.74) is 10.1. The molecule has 5 rings (SSSR count). The number of non-ortho nitro benzene ring substituents is 1. The number of nitrogens with zero attached hydrogens (tertiary/aromatic N) is 1. The molecule has 0 radical (unpaired) electrons. The van der Waals surface area contributed by atoms with Crippen LogP contribution in [0.3, 0.4) is 0 Å². The van der Waals surface area contributed by atoms with Crippen LogP contribution in [-0.4, -0.2) is 25.3 Å². The fourth-order valence-corrected chi connectivity index (χ4v) is 7.01. The van der Waals surface area contributed by atoms with E-state index >= 15 is 0 Å². The van der Waals surface area contributed by atoms with E-state index in [1.807, 2.05) is 45.9 Å². The largest absolute Gasteiger partial charge is 0.507 e. The molecular formula is C38H43NO6. The van der Waals surface area contributed by atoms with E-state index in [1.165, 1.54) is 12.1 Å². The Hall–Kier alpha value is -4.52. The molecular weight excluding hydrogens is 566 g/mol. The summed E-state index contributed by atoms with van der Waals surface area (Å²) in [6.07, 6.45) is 0.656. The highest BCUT2D eigenvalue weighted by molar-refractivity contribution is 5.62. The molecule has 8 bridgehead atoms. The summed E-state index contributed by atoms with van der Waals surface area (Å²) in [5, 5.41) is 58.9. The van der Waals surface area contributed by atoms with Gasteiger partial charge in [0, 0.05) is 65.6 Å². The van der Waals surface area contributed by atoms with Gasteiger partial charge in [0.15, 0.2) is 0 Å². The highest BCUT2D eigenvalue weighted by Gasteiger charge is 2.26. The van der Waals surface area contributed by atoms with Crippen LogP contribution in [0.2, 0.25) is 0 Å². The van der Waals surface area contributed by atoms with Crippen LogP contribution in [0, 0.1) is 37.8 Å². The number of phenols is 4. The molecule has 0 saturated heterocycles. The van der Waals surface area contributed by atoms with Crippen molar-refractivity contribution in [2.24, 2.45) is 0 Å². The Morgan fingerprint density at radius 1 is 0.556 bits per heavy atom. The van der Waals surface area contributed by atoms with Gasteiger partial charge in [-0.1, -0.05) is 45.9 Å². The second kappa shape index (κ2) is 11.8. The molecule has 0 saturated carbocycles. The van der Waals surface area contributed by atoms with Crippen LogP contribution >= 0.6 is 0 Å². The summed E-state index contributed by atoms with van der Waals surface area (Å²) in [7, 11) is 0. The number of hydrogen-bond acceptors (Lipinski definition) is 6. The van der Waals surface area contributed by atoms with Crippen molar-refractivity contribution >= 4 is 5.69 Å². The fraction of sp³-hybridized carbons (Fsp3) is 0.368. The topological polar surface area (TPSA) is 124 Å². The maximum atomic E-state index is 12.1. The van der Waals surface area contributed by atoms with Crippen LogP contribution in [0.25, 0.3) is 0 Å². The van der Waals surface area contributed by atoms with Crippen molar-refractivity contribution in [1.29, 1.82) is 0 Å². The molecule has 0 heterocycles. The number of nitro groups is 1. The molecule has 236 valence electrons. The van der Waals surface area contributed by atoms with Gasteiger partial charge in [-0.15, -0.1) is 0 Å². The number of benzene rings is 4. The lowest BCUT2D eigenvalue weighted by Crippen LogP contribution is -2.08. The molecule has 0 atom stereocenters. The highest BCUT2D eigenvalue weighted by Crippen LogP contribution is 2.43. The van der Waals surface area contributed by atoms with Crippen LogP contribution in [0.5, 0.6) is 23.0 Å². The van der Waals surface area contributed by atoms with Gasteiger partial charge in [0.05, 0.1) is 4.92 Å². The van der Waals surface area contributed by atoms with Gasteiger partial charge >= 0.3 is 0 Å². The normalized spacial score (nSPS) is 13.0. The molecule has 0 amide bonds. The molecule has 4 aromatic carbocycles. The minimum atomic E-state index is -0.481. The maximum absolute atomic E-state index is 12.1. The Morgan fingerprint density at radius 3 is 1.36 bits per heavy atom. The van der Waals surface area contributed by atoms with E-state index in [-0.39, 0.29) is 66.2 Å². The van der Waals surface area contributed by atoms with Gasteiger partial charge in [0.1, 0.15) is 23.0 Å². The average molecular weight is 610 g/mol. The van der Waals surface area contributed by atoms with E-state index < -0.39 is 4.92 Å². The monoisotopic (exact) mass is 609 g/mol. The SMILES string of the molecule is Cc1cc2c(O)c(c1C)Cc1c(C)c(C(C)C)cc(c1O)Cc1cc([N+](=O)[O-])cc(c1O)Cc1cc(C(C)C)c(C)c(c1O)C2. The summed E-state index contributed by atoms with van der Waals surface area (Å²) in [6, 6.07) is 8.51. The second-order valence-electron chi connectivity index (χ2n) is 13.3. The van der Waals surface area contributed by atoms with Gasteiger partial charge < -0.3 is 20.4 Å². The Morgan fingerprint density at radius 2 is 0.933 bits per heavy atom. The average Bonchev–Trinajstić information content (AvgIpc) is 2.96. The molecule has 0 aromatic heterocycles. The maximum Gasteiger partial charge on any atom is 0.270 e. The first-order valence-electron chi connectivity index (χ1n) is 15.6. The Bertz CT molecular complexity index is 1870. The van der Waals surface area contributed by atoms with Crippen molar-refractivity contribution in [3.05, 3.63) is 118 Å². The lowest BCUT2D eigenvalue weighted by Gasteiger charge is -2.24. The van der Waals surface area contributed by atoms with Crippen molar-refractivity contribution < 1.29 is 25.3 Å². The number of rotatable bonds is 3. The molecule has 1 aliphatic rings. The predicted molar refractivity (Wildman–Crippen MR) is 177 cm³/mol. The number of aryl methyl sites for hydroxylation is 1. The minimum Gasteiger partial charge on any atom is -0.507 e. The number of nitro benzene ring substituents is 1. The molecule has 0 fully saturated rings. The van der Waals surface area contributed by atoms with Crippen molar-refractivity contribution in [3.63, 3.8) is 0 Å². The minimum absolute atomic E-state index is 0.0518. The van der Waals surface area contributed by atoms with Crippen molar-refractivity contribution in [2.75, 3.05) is 0 Å². The Kier molecular flexibility index (Phi) is 8.34. The lowest BCUT2D eigenvalue weighted by atomic mass is 9.82. The van der Waals surface area contributed by atoms with Crippen LogP contribution in [0.15, 0.2) is 30.3 Å². The highest BCUT2D eigenvalue weighted by atomic mass is 16.6. The number of fused-ring (bicyclic) bond motifs is 8. The lowest BCUT2D eigenvalue weighted by molar-refractivity contribution is -0.385. The van der Waals surface area contributed by atoms with Crippen LogP contribution in [0.4, 0.5) is 5.69 Å². The first-order chi connectivity index (χ1) is 21.1. The molecule has 0 unspecified atom stereocenters. The van der Waals surface area contributed by atoms with Gasteiger partial charge in [-0.05, 0) is 89.6 Å². The zero-order valence-corrected chi connectivity index (χ0v) is 27.4. The molecule has 4 aromatic rings. The van der Waals surface area contributed by atoms with E-state index in [1.54, 1.807) is 0 Å². The molecule has 0 spiro atoms. The molecule has 7 heteroatoms. The Labute approximate surface area is 265 Å². The third-order valence-electron chi connectivity index (χ3n) is 9.83. The number of phenolic OH excluding ortho intramolecular Hbond substituents is 4. The van der Waals surface area contributed by atoms with Crippen LogP contribution in [-0.2, 0) is 25.7 Å². The zero-order chi connectivity index (χ0) is 33.1. The van der Waals surface area contributed by atoms with Gasteiger partial charge in [-0.2, -0.15) is 0 Å². The summed E-state index contributed by atoms with van der Waals surface area (Å²) >= 11 is 0. The van der Waals surface area contributed by atoms with E-state index in [4.69, 9.17) is 0 Å². The summed E-state index contributed by atoms with van der Waals surface area (Å²) < 4.78 is 0. The van der Waals surface area contributed by atoms with Crippen molar-refractivity contribution in [1.82, 2.24) is 0 Å². The summed E-state index contributed by atoms with van der Waals surface area (Å²) in [5.74, 6) is 0.404. The molecule has 45 heavy (non-hydrogen) atoms. The van der Waals surface area contributed by atoms with Crippen LogP contribution < -0.4 is 0 Å². The predicted octanol–water partition coefficient (Wildman–Crippen LogP) is 8.57. The van der Waals surface area contributed by atoms with Gasteiger partial charge in [0.2, 0.25) is 0 Å².